The minimum atomic E-state index is -1.27. The van der Waals surface area contributed by atoms with E-state index in [0.29, 0.717) is 18.4 Å². The molecule has 0 bridgehead atoms. The molecular weight excluding hydrogens is 294 g/mol. The lowest BCUT2D eigenvalue weighted by Gasteiger charge is -2.35. The topological polar surface area (TPSA) is 27.7 Å². The maximum absolute atomic E-state index is 13.2. The first-order valence-electron chi connectivity index (χ1n) is 6.92. The number of ether oxygens (including phenoxy) is 2. The molecule has 117 valence electrons. The summed E-state index contributed by atoms with van der Waals surface area (Å²) in [5.41, 5.74) is 0.640. The summed E-state index contributed by atoms with van der Waals surface area (Å²) in [5, 5.41) is 0. The summed E-state index contributed by atoms with van der Waals surface area (Å²) in [7, 11) is 3.00. The molecule has 1 rings (SSSR count). The monoisotopic (exact) mass is 315 g/mol. The van der Waals surface area contributed by atoms with Crippen molar-refractivity contribution in [2.45, 2.75) is 58.7 Å². The molecule has 0 aromatic heterocycles. The molecule has 0 aliphatic rings. The minimum Gasteiger partial charge on any atom is -0.371 e. The van der Waals surface area contributed by atoms with Crippen molar-refractivity contribution < 1.29 is 22.7 Å². The Kier molecular flexibility index (Phi) is 6.93. The fraction of sp³-hybridized carbons (Fsp3) is 0.600. The molecule has 0 aliphatic heterocycles. The van der Waals surface area contributed by atoms with E-state index in [0.717, 1.165) is 6.07 Å². The highest BCUT2D eigenvalue weighted by atomic mass is 28.2. The molecule has 21 heavy (non-hydrogen) atoms. The van der Waals surface area contributed by atoms with Gasteiger partial charge >= 0.3 is 0 Å². The Hall–Kier alpha value is -0.823. The summed E-state index contributed by atoms with van der Waals surface area (Å²) >= 11 is 0. The average Bonchev–Trinajstić information content (AvgIpc) is 2.38. The van der Waals surface area contributed by atoms with Gasteiger partial charge in [0.1, 0.15) is 0 Å². The van der Waals surface area contributed by atoms with E-state index < -0.39 is 17.6 Å². The maximum atomic E-state index is 13.2. The molecule has 3 radical (unpaired) electrons. The molecule has 0 heterocycles. The van der Waals surface area contributed by atoms with Crippen molar-refractivity contribution in [1.29, 1.82) is 0 Å². The van der Waals surface area contributed by atoms with Gasteiger partial charge < -0.3 is 13.9 Å². The summed E-state index contributed by atoms with van der Waals surface area (Å²) < 4.78 is 42.8. The normalized spacial score (nSPS) is 12.4. The lowest BCUT2D eigenvalue weighted by atomic mass is 10.1. The zero-order chi connectivity index (χ0) is 16.0. The van der Waals surface area contributed by atoms with Crippen LogP contribution in [0, 0.1) is 11.6 Å². The van der Waals surface area contributed by atoms with Crippen molar-refractivity contribution in [2.24, 2.45) is 0 Å². The van der Waals surface area contributed by atoms with Crippen molar-refractivity contribution in [1.82, 2.24) is 0 Å². The van der Waals surface area contributed by atoms with Gasteiger partial charge in [-0.05, 0) is 51.8 Å². The molecule has 0 amide bonds. The fourth-order valence-electron chi connectivity index (χ4n) is 1.96. The van der Waals surface area contributed by atoms with E-state index in [1.807, 2.05) is 27.7 Å². The number of rotatable bonds is 8. The van der Waals surface area contributed by atoms with Crippen LogP contribution in [0.15, 0.2) is 18.2 Å². The molecule has 0 spiro atoms. The van der Waals surface area contributed by atoms with E-state index in [1.54, 1.807) is 0 Å². The Morgan fingerprint density at radius 1 is 1.05 bits per heavy atom. The van der Waals surface area contributed by atoms with Crippen LogP contribution in [0.4, 0.5) is 8.78 Å². The first-order chi connectivity index (χ1) is 9.78. The Labute approximate surface area is 128 Å². The second kappa shape index (κ2) is 7.98. The van der Waals surface area contributed by atoms with Crippen LogP contribution in [0.3, 0.4) is 0 Å². The molecule has 0 unspecified atom stereocenters. The van der Waals surface area contributed by atoms with Gasteiger partial charge in [-0.25, -0.2) is 8.78 Å². The Bertz CT molecular complexity index is 443. The van der Waals surface area contributed by atoms with Crippen molar-refractivity contribution in [2.75, 3.05) is 0 Å². The zero-order valence-corrected chi connectivity index (χ0v) is 13.8. The summed E-state index contributed by atoms with van der Waals surface area (Å²) in [6.07, 6.45) is 0.508. The number of benzene rings is 1. The Morgan fingerprint density at radius 2 is 1.62 bits per heavy atom. The number of hydrogen-bond acceptors (Lipinski definition) is 3. The lowest BCUT2D eigenvalue weighted by Crippen LogP contribution is -2.43. The quantitative estimate of drug-likeness (QED) is 0.543. The summed E-state index contributed by atoms with van der Waals surface area (Å²) in [6.45, 7) is 7.45. The average molecular weight is 315 g/mol. The van der Waals surface area contributed by atoms with Gasteiger partial charge in [0.05, 0.1) is 12.2 Å². The standard InChI is InChI=1S/C15H21F2O3Si/c1-10(2)18-15(20-21,19-11(3)4)8-7-12-5-6-13(16)14(17)9-12/h5-6,9-11H,7-8H2,1-4H3. The van der Waals surface area contributed by atoms with Gasteiger partial charge in [0.2, 0.25) is 0 Å². The molecule has 0 atom stereocenters. The van der Waals surface area contributed by atoms with E-state index in [-0.39, 0.29) is 12.2 Å². The fourth-order valence-corrected chi connectivity index (χ4v) is 2.15. The third-order valence-electron chi connectivity index (χ3n) is 2.69. The largest absolute Gasteiger partial charge is 0.371 e. The third kappa shape index (κ3) is 5.82. The van der Waals surface area contributed by atoms with Gasteiger partial charge in [0, 0.05) is 6.42 Å². The maximum Gasteiger partial charge on any atom is 0.273 e. The number of halogens is 2. The molecule has 3 nitrogen and oxygen atoms in total. The molecule has 1 aromatic rings. The van der Waals surface area contributed by atoms with Crippen LogP contribution in [0.25, 0.3) is 0 Å². The van der Waals surface area contributed by atoms with E-state index in [9.17, 15) is 8.78 Å². The van der Waals surface area contributed by atoms with Crippen LogP contribution < -0.4 is 0 Å². The molecule has 0 N–H and O–H groups in total. The van der Waals surface area contributed by atoms with Crippen molar-refractivity contribution in [3.8, 4) is 0 Å². The van der Waals surface area contributed by atoms with Crippen LogP contribution in [0.5, 0.6) is 0 Å². The smallest absolute Gasteiger partial charge is 0.273 e. The molecular formula is C15H21F2O3Si. The van der Waals surface area contributed by atoms with E-state index >= 15 is 0 Å². The van der Waals surface area contributed by atoms with Gasteiger partial charge in [0.25, 0.3) is 16.5 Å². The molecule has 0 saturated heterocycles. The summed E-state index contributed by atoms with van der Waals surface area (Å²) in [4.78, 5) is 0. The third-order valence-corrected chi connectivity index (χ3v) is 3.00. The van der Waals surface area contributed by atoms with Gasteiger partial charge in [-0.15, -0.1) is 0 Å². The van der Waals surface area contributed by atoms with Crippen LogP contribution >= 0.6 is 0 Å². The molecule has 6 heteroatoms. The van der Waals surface area contributed by atoms with E-state index in [2.05, 4.69) is 10.5 Å². The lowest BCUT2D eigenvalue weighted by molar-refractivity contribution is -0.368. The van der Waals surface area contributed by atoms with Crippen LogP contribution in [0.2, 0.25) is 0 Å². The summed E-state index contributed by atoms with van der Waals surface area (Å²) in [6, 6.07) is 3.80. The van der Waals surface area contributed by atoms with Crippen LogP contribution in [-0.4, -0.2) is 28.7 Å². The minimum absolute atomic E-state index is 0.120. The second-order valence-electron chi connectivity index (χ2n) is 5.37. The Balaban J connectivity index is 2.82. The van der Waals surface area contributed by atoms with Gasteiger partial charge in [-0.3, -0.25) is 0 Å². The van der Waals surface area contributed by atoms with Crippen molar-refractivity contribution in [3.05, 3.63) is 35.4 Å². The first kappa shape index (κ1) is 18.2. The van der Waals surface area contributed by atoms with Crippen LogP contribution in [0.1, 0.15) is 39.7 Å². The van der Waals surface area contributed by atoms with E-state index in [4.69, 9.17) is 13.9 Å². The molecule has 0 saturated carbocycles. The predicted octanol–water partition coefficient (Wildman–Crippen LogP) is 3.50. The van der Waals surface area contributed by atoms with Crippen molar-refractivity contribution >= 4 is 10.5 Å². The predicted molar refractivity (Wildman–Crippen MR) is 76.7 cm³/mol. The zero-order valence-electron chi connectivity index (χ0n) is 12.8. The highest BCUT2D eigenvalue weighted by molar-refractivity contribution is 5.98. The molecule has 0 fully saturated rings. The van der Waals surface area contributed by atoms with Gasteiger partial charge in [-0.2, -0.15) is 0 Å². The molecule has 0 aliphatic carbocycles. The highest BCUT2D eigenvalue weighted by Gasteiger charge is 2.34. The van der Waals surface area contributed by atoms with Gasteiger partial charge in [0.15, 0.2) is 11.6 Å². The highest BCUT2D eigenvalue weighted by Crippen LogP contribution is 2.25. The number of aryl methyl sites for hydroxylation is 1. The van der Waals surface area contributed by atoms with E-state index in [1.165, 1.54) is 12.1 Å². The van der Waals surface area contributed by atoms with Crippen LogP contribution in [-0.2, 0) is 20.3 Å². The molecule has 1 aromatic carbocycles. The Morgan fingerprint density at radius 3 is 2.05 bits per heavy atom. The first-order valence-corrected chi connectivity index (χ1v) is 7.33. The SMILES string of the molecule is CC(C)OC(CCc1ccc(F)c(F)c1)(O[Si])OC(C)C. The number of hydrogen-bond donors (Lipinski definition) is 0. The summed E-state index contributed by atoms with van der Waals surface area (Å²) in [5.74, 6) is -3.01. The van der Waals surface area contributed by atoms with Gasteiger partial charge in [-0.1, -0.05) is 6.07 Å². The second-order valence-corrected chi connectivity index (χ2v) is 5.57. The van der Waals surface area contributed by atoms with Crippen molar-refractivity contribution in [3.63, 3.8) is 0 Å².